The summed E-state index contributed by atoms with van der Waals surface area (Å²) in [6, 6.07) is 0. The first-order chi connectivity index (χ1) is 7.34. The van der Waals surface area contributed by atoms with Gasteiger partial charge in [-0.15, -0.1) is 10.2 Å². The van der Waals surface area contributed by atoms with E-state index in [1.165, 1.54) is 25.7 Å². The molecule has 0 saturated heterocycles. The molecule has 1 aliphatic heterocycles. The van der Waals surface area contributed by atoms with E-state index in [4.69, 9.17) is 0 Å². The van der Waals surface area contributed by atoms with Crippen molar-refractivity contribution in [2.45, 2.75) is 57.1 Å². The van der Waals surface area contributed by atoms with Crippen molar-refractivity contribution < 1.29 is 5.11 Å². The fourth-order valence-corrected chi connectivity index (χ4v) is 2.82. The summed E-state index contributed by atoms with van der Waals surface area (Å²) < 4.78 is 2.16. The lowest BCUT2D eigenvalue weighted by molar-refractivity contribution is 0.128. The molecule has 4 heteroatoms. The summed E-state index contributed by atoms with van der Waals surface area (Å²) in [5.41, 5.74) is 0. The van der Waals surface area contributed by atoms with Gasteiger partial charge in [0.25, 0.3) is 0 Å². The number of rotatable bonds is 1. The van der Waals surface area contributed by atoms with Crippen LogP contribution in [0, 0.1) is 0 Å². The quantitative estimate of drug-likeness (QED) is 0.754. The fourth-order valence-electron chi connectivity index (χ4n) is 2.82. The summed E-state index contributed by atoms with van der Waals surface area (Å²) in [5, 5.41) is 18.2. The Balaban J connectivity index is 1.92. The standard InChI is InChI=1S/C11H17N3O/c15-9-5-6-10-12-13-11(14(10)7-9)8-3-1-2-4-8/h8-9,15H,1-7H2. The predicted molar refractivity (Wildman–Crippen MR) is 55.6 cm³/mol. The maximum atomic E-state index is 9.67. The molecule has 15 heavy (non-hydrogen) atoms. The van der Waals surface area contributed by atoms with Gasteiger partial charge in [-0.3, -0.25) is 0 Å². The zero-order valence-corrected chi connectivity index (χ0v) is 8.89. The number of hydrogen-bond donors (Lipinski definition) is 1. The monoisotopic (exact) mass is 207 g/mol. The Morgan fingerprint density at radius 1 is 1.13 bits per heavy atom. The molecule has 0 radical (unpaired) electrons. The van der Waals surface area contributed by atoms with E-state index in [1.807, 2.05) is 0 Å². The summed E-state index contributed by atoms with van der Waals surface area (Å²) >= 11 is 0. The molecule has 1 aromatic heterocycles. The molecule has 0 bridgehead atoms. The number of hydrogen-bond acceptors (Lipinski definition) is 3. The van der Waals surface area contributed by atoms with Crippen molar-refractivity contribution in [1.29, 1.82) is 0 Å². The minimum absolute atomic E-state index is 0.200. The van der Waals surface area contributed by atoms with Gasteiger partial charge in [-0.1, -0.05) is 12.8 Å². The number of aromatic nitrogens is 3. The highest BCUT2D eigenvalue weighted by Gasteiger charge is 2.27. The maximum absolute atomic E-state index is 9.67. The minimum Gasteiger partial charge on any atom is -0.391 e. The Hall–Kier alpha value is -0.900. The zero-order valence-electron chi connectivity index (χ0n) is 8.89. The summed E-state index contributed by atoms with van der Waals surface area (Å²) in [6.45, 7) is 0.703. The van der Waals surface area contributed by atoms with Gasteiger partial charge in [0, 0.05) is 12.3 Å². The Kier molecular flexibility index (Phi) is 2.24. The first kappa shape index (κ1) is 9.33. The van der Waals surface area contributed by atoms with Gasteiger partial charge in [-0.05, 0) is 19.3 Å². The maximum Gasteiger partial charge on any atom is 0.136 e. The highest BCUT2D eigenvalue weighted by atomic mass is 16.3. The fraction of sp³-hybridized carbons (Fsp3) is 0.818. The molecular formula is C11H17N3O. The molecule has 2 aliphatic rings. The number of aliphatic hydroxyl groups excluding tert-OH is 1. The number of aliphatic hydroxyl groups is 1. The molecule has 1 N–H and O–H groups in total. The molecule has 1 unspecified atom stereocenters. The van der Waals surface area contributed by atoms with Crippen LogP contribution in [0.3, 0.4) is 0 Å². The Bertz CT molecular complexity index is 355. The van der Waals surface area contributed by atoms with Crippen molar-refractivity contribution in [3.63, 3.8) is 0 Å². The van der Waals surface area contributed by atoms with E-state index >= 15 is 0 Å². The van der Waals surface area contributed by atoms with E-state index in [9.17, 15) is 5.11 Å². The van der Waals surface area contributed by atoms with Crippen LogP contribution in [0.15, 0.2) is 0 Å². The molecule has 4 nitrogen and oxygen atoms in total. The molecule has 82 valence electrons. The molecule has 3 rings (SSSR count). The Morgan fingerprint density at radius 2 is 1.93 bits per heavy atom. The van der Waals surface area contributed by atoms with Gasteiger partial charge in [0.2, 0.25) is 0 Å². The number of aryl methyl sites for hydroxylation is 1. The zero-order chi connectivity index (χ0) is 10.3. The molecule has 0 spiro atoms. The molecule has 1 fully saturated rings. The lowest BCUT2D eigenvalue weighted by atomic mass is 10.1. The average molecular weight is 207 g/mol. The summed E-state index contributed by atoms with van der Waals surface area (Å²) in [6.07, 6.45) is 6.63. The van der Waals surface area contributed by atoms with Gasteiger partial charge in [0.15, 0.2) is 0 Å². The largest absolute Gasteiger partial charge is 0.391 e. The van der Waals surface area contributed by atoms with Crippen LogP contribution in [0.2, 0.25) is 0 Å². The van der Waals surface area contributed by atoms with Gasteiger partial charge in [-0.2, -0.15) is 0 Å². The summed E-state index contributed by atoms with van der Waals surface area (Å²) in [4.78, 5) is 0. The highest BCUT2D eigenvalue weighted by molar-refractivity contribution is 5.06. The lowest BCUT2D eigenvalue weighted by Gasteiger charge is -2.21. The van der Waals surface area contributed by atoms with Crippen LogP contribution in [0.5, 0.6) is 0 Å². The third-order valence-electron chi connectivity index (χ3n) is 3.67. The third kappa shape index (κ3) is 1.57. The van der Waals surface area contributed by atoms with Crippen LogP contribution in [0.1, 0.15) is 49.7 Å². The molecule has 2 heterocycles. The van der Waals surface area contributed by atoms with E-state index in [0.717, 1.165) is 24.5 Å². The van der Waals surface area contributed by atoms with E-state index in [-0.39, 0.29) is 6.10 Å². The van der Waals surface area contributed by atoms with Crippen molar-refractivity contribution in [2.75, 3.05) is 0 Å². The second-order valence-corrected chi connectivity index (χ2v) is 4.76. The second-order valence-electron chi connectivity index (χ2n) is 4.76. The number of nitrogens with zero attached hydrogens (tertiary/aromatic N) is 3. The first-order valence-electron chi connectivity index (χ1n) is 5.94. The first-order valence-corrected chi connectivity index (χ1v) is 5.94. The van der Waals surface area contributed by atoms with Gasteiger partial charge in [0.05, 0.1) is 12.6 Å². The molecule has 1 saturated carbocycles. The van der Waals surface area contributed by atoms with Crippen LogP contribution in [0.4, 0.5) is 0 Å². The van der Waals surface area contributed by atoms with Crippen LogP contribution in [-0.4, -0.2) is 26.0 Å². The van der Waals surface area contributed by atoms with Crippen LogP contribution < -0.4 is 0 Å². The van der Waals surface area contributed by atoms with Crippen molar-refractivity contribution in [1.82, 2.24) is 14.8 Å². The minimum atomic E-state index is -0.200. The summed E-state index contributed by atoms with van der Waals surface area (Å²) in [5.74, 6) is 2.79. The average Bonchev–Trinajstić information content (AvgIpc) is 2.83. The van der Waals surface area contributed by atoms with Crippen molar-refractivity contribution in [2.24, 2.45) is 0 Å². The SMILES string of the molecule is OC1CCc2nnc(C3CCCC3)n2C1. The normalized spacial score (nSPS) is 26.9. The lowest BCUT2D eigenvalue weighted by Crippen LogP contribution is -2.26. The van der Waals surface area contributed by atoms with E-state index in [0.29, 0.717) is 12.5 Å². The molecule has 1 aliphatic carbocycles. The highest BCUT2D eigenvalue weighted by Crippen LogP contribution is 2.34. The van der Waals surface area contributed by atoms with Crippen molar-refractivity contribution >= 4 is 0 Å². The molecule has 0 aromatic carbocycles. The second kappa shape index (κ2) is 3.59. The van der Waals surface area contributed by atoms with Crippen LogP contribution in [-0.2, 0) is 13.0 Å². The number of fused-ring (bicyclic) bond motifs is 1. The third-order valence-corrected chi connectivity index (χ3v) is 3.67. The Labute approximate surface area is 89.3 Å². The van der Waals surface area contributed by atoms with Crippen LogP contribution in [0.25, 0.3) is 0 Å². The van der Waals surface area contributed by atoms with Gasteiger partial charge < -0.3 is 9.67 Å². The Morgan fingerprint density at radius 3 is 2.73 bits per heavy atom. The van der Waals surface area contributed by atoms with E-state index in [2.05, 4.69) is 14.8 Å². The van der Waals surface area contributed by atoms with Crippen molar-refractivity contribution in [3.05, 3.63) is 11.6 Å². The predicted octanol–water partition coefficient (Wildman–Crippen LogP) is 1.24. The topological polar surface area (TPSA) is 50.9 Å². The molecule has 1 atom stereocenters. The molecule has 1 aromatic rings. The van der Waals surface area contributed by atoms with Gasteiger partial charge in [-0.25, -0.2) is 0 Å². The summed E-state index contributed by atoms with van der Waals surface area (Å²) in [7, 11) is 0. The van der Waals surface area contributed by atoms with Crippen LogP contribution >= 0.6 is 0 Å². The van der Waals surface area contributed by atoms with E-state index in [1.54, 1.807) is 0 Å². The van der Waals surface area contributed by atoms with Gasteiger partial charge in [0.1, 0.15) is 11.6 Å². The van der Waals surface area contributed by atoms with Gasteiger partial charge >= 0.3 is 0 Å². The molecular weight excluding hydrogens is 190 g/mol. The molecule has 0 amide bonds. The van der Waals surface area contributed by atoms with Crippen molar-refractivity contribution in [3.8, 4) is 0 Å². The van der Waals surface area contributed by atoms with E-state index < -0.39 is 0 Å². The smallest absolute Gasteiger partial charge is 0.136 e.